The zero-order chi connectivity index (χ0) is 43.8. The van der Waals surface area contributed by atoms with Crippen molar-refractivity contribution in [3.8, 4) is 0 Å². The minimum atomic E-state index is -0.759. The number of carbonyl (C=O) groups excluding carboxylic acids is 3. The lowest BCUT2D eigenvalue weighted by molar-refractivity contribution is -0.167. The maximum absolute atomic E-state index is 12.7. The first-order valence-electron chi connectivity index (χ1n) is 26.9. The first-order valence-corrected chi connectivity index (χ1v) is 26.9. The highest BCUT2D eigenvalue weighted by Crippen LogP contribution is 2.17. The van der Waals surface area contributed by atoms with Gasteiger partial charge >= 0.3 is 17.9 Å². The zero-order valence-electron chi connectivity index (χ0n) is 40.9. The second kappa shape index (κ2) is 48.4. The molecule has 0 radical (unpaired) electrons. The van der Waals surface area contributed by atoms with Crippen molar-refractivity contribution in [3.05, 3.63) is 0 Å². The quantitative estimate of drug-likeness (QED) is 0.0345. The van der Waals surface area contributed by atoms with E-state index in [4.69, 9.17) is 14.2 Å². The number of ether oxygens (including phenoxy) is 3. The summed E-state index contributed by atoms with van der Waals surface area (Å²) in [7, 11) is 0. The standard InChI is InChI=1S/C54H104O6/c1-5-7-9-11-13-15-16-26-30-33-37-41-45-52(55)58-48-51(60-54(57)47-43-39-35-28-14-12-10-8-6-2)49-59-53(56)46-42-38-34-31-27-24-22-20-18-17-19-21-23-25-29-32-36-40-44-50(3)4/h50-51H,5-49H2,1-4H3/t51-/m0/s1. The van der Waals surface area contributed by atoms with Gasteiger partial charge in [-0.1, -0.05) is 265 Å². The summed E-state index contributed by atoms with van der Waals surface area (Å²) in [5.74, 6) is 0.0138. The van der Waals surface area contributed by atoms with Crippen molar-refractivity contribution in [1.29, 1.82) is 0 Å². The average Bonchev–Trinajstić information content (AvgIpc) is 3.23. The lowest BCUT2D eigenvalue weighted by atomic mass is 10.0. The van der Waals surface area contributed by atoms with E-state index in [2.05, 4.69) is 27.7 Å². The number of rotatable bonds is 49. The van der Waals surface area contributed by atoms with Crippen LogP contribution in [0.1, 0.15) is 304 Å². The highest BCUT2D eigenvalue weighted by Gasteiger charge is 2.19. The van der Waals surface area contributed by atoms with E-state index in [1.165, 1.54) is 199 Å². The maximum Gasteiger partial charge on any atom is 0.306 e. The third-order valence-corrected chi connectivity index (χ3v) is 12.3. The second-order valence-electron chi connectivity index (χ2n) is 19.0. The summed E-state index contributed by atoms with van der Waals surface area (Å²) < 4.78 is 16.8. The molecular formula is C54H104O6. The SMILES string of the molecule is CCCCCCCCCCCCCCC(=O)OC[C@@H](COC(=O)CCCCCCCCCCCCCCCCCCCCC(C)C)OC(=O)CCCCCCCCCCC. The molecule has 0 aliphatic carbocycles. The Morgan fingerprint density at radius 2 is 0.550 bits per heavy atom. The Hall–Kier alpha value is -1.59. The van der Waals surface area contributed by atoms with Crippen LogP contribution in [0.15, 0.2) is 0 Å². The number of hydrogen-bond donors (Lipinski definition) is 0. The molecule has 0 fully saturated rings. The molecule has 6 nitrogen and oxygen atoms in total. The van der Waals surface area contributed by atoms with E-state index in [9.17, 15) is 14.4 Å². The molecule has 0 aromatic heterocycles. The molecule has 0 bridgehead atoms. The van der Waals surface area contributed by atoms with Crippen LogP contribution in [0.2, 0.25) is 0 Å². The predicted octanol–water partition coefficient (Wildman–Crippen LogP) is 17.5. The smallest absolute Gasteiger partial charge is 0.306 e. The van der Waals surface area contributed by atoms with Gasteiger partial charge in [0.25, 0.3) is 0 Å². The Labute approximate surface area is 374 Å². The molecule has 1 atom stereocenters. The van der Waals surface area contributed by atoms with E-state index in [1.54, 1.807) is 0 Å². The van der Waals surface area contributed by atoms with Crippen LogP contribution in [-0.4, -0.2) is 37.2 Å². The Morgan fingerprint density at radius 1 is 0.317 bits per heavy atom. The van der Waals surface area contributed by atoms with Crippen molar-refractivity contribution in [2.24, 2.45) is 5.92 Å². The largest absolute Gasteiger partial charge is 0.462 e. The monoisotopic (exact) mass is 849 g/mol. The molecule has 0 spiro atoms. The van der Waals surface area contributed by atoms with E-state index in [-0.39, 0.29) is 31.1 Å². The highest BCUT2D eigenvalue weighted by molar-refractivity contribution is 5.71. The first-order chi connectivity index (χ1) is 29.4. The molecule has 0 aliphatic heterocycles. The lowest BCUT2D eigenvalue weighted by Gasteiger charge is -2.18. The topological polar surface area (TPSA) is 78.9 Å². The third kappa shape index (κ3) is 47.5. The molecule has 60 heavy (non-hydrogen) atoms. The number of carbonyl (C=O) groups is 3. The van der Waals surface area contributed by atoms with Gasteiger partial charge in [-0.05, 0) is 25.2 Å². The molecule has 0 N–H and O–H groups in total. The minimum absolute atomic E-state index is 0.0626. The predicted molar refractivity (Wildman–Crippen MR) is 257 cm³/mol. The van der Waals surface area contributed by atoms with Crippen molar-refractivity contribution < 1.29 is 28.6 Å². The second-order valence-corrected chi connectivity index (χ2v) is 19.0. The van der Waals surface area contributed by atoms with Gasteiger partial charge in [-0.25, -0.2) is 0 Å². The van der Waals surface area contributed by atoms with Gasteiger partial charge in [0.1, 0.15) is 13.2 Å². The molecule has 0 aromatic carbocycles. The fourth-order valence-electron chi connectivity index (χ4n) is 8.22. The lowest BCUT2D eigenvalue weighted by Crippen LogP contribution is -2.30. The Kier molecular flexibility index (Phi) is 47.2. The van der Waals surface area contributed by atoms with Gasteiger partial charge in [0.2, 0.25) is 0 Å². The molecule has 0 aliphatic rings. The van der Waals surface area contributed by atoms with E-state index in [0.717, 1.165) is 63.7 Å². The normalized spacial score (nSPS) is 11.9. The molecule has 0 saturated carbocycles. The number of esters is 3. The van der Waals surface area contributed by atoms with Crippen molar-refractivity contribution >= 4 is 17.9 Å². The van der Waals surface area contributed by atoms with Crippen molar-refractivity contribution in [2.75, 3.05) is 13.2 Å². The Bertz CT molecular complexity index is 903. The molecule has 0 amide bonds. The number of hydrogen-bond acceptors (Lipinski definition) is 6. The number of unbranched alkanes of at least 4 members (excludes halogenated alkanes) is 36. The molecule has 6 heteroatoms. The van der Waals surface area contributed by atoms with E-state index in [0.29, 0.717) is 19.3 Å². The summed E-state index contributed by atoms with van der Waals surface area (Å²) in [6, 6.07) is 0. The maximum atomic E-state index is 12.7. The van der Waals surface area contributed by atoms with Crippen molar-refractivity contribution in [1.82, 2.24) is 0 Å². The summed E-state index contributed by atoms with van der Waals surface area (Å²) in [6.07, 6.45) is 51.0. The molecular weight excluding hydrogens is 745 g/mol. The van der Waals surface area contributed by atoms with Crippen LogP contribution in [0.5, 0.6) is 0 Å². The van der Waals surface area contributed by atoms with Crippen LogP contribution in [0, 0.1) is 5.92 Å². The molecule has 356 valence electrons. The molecule has 0 saturated heterocycles. The van der Waals surface area contributed by atoms with Crippen LogP contribution < -0.4 is 0 Å². The molecule has 0 unspecified atom stereocenters. The summed E-state index contributed by atoms with van der Waals surface area (Å²) in [5.41, 5.74) is 0. The van der Waals surface area contributed by atoms with Gasteiger partial charge in [-0.2, -0.15) is 0 Å². The Morgan fingerprint density at radius 3 is 0.817 bits per heavy atom. The Balaban J connectivity index is 4.15. The van der Waals surface area contributed by atoms with Crippen LogP contribution in [0.4, 0.5) is 0 Å². The van der Waals surface area contributed by atoms with Crippen LogP contribution in [0.3, 0.4) is 0 Å². The highest BCUT2D eigenvalue weighted by atomic mass is 16.6. The van der Waals surface area contributed by atoms with E-state index < -0.39 is 6.10 Å². The van der Waals surface area contributed by atoms with Crippen molar-refractivity contribution in [2.45, 2.75) is 310 Å². The van der Waals surface area contributed by atoms with Gasteiger partial charge in [-0.15, -0.1) is 0 Å². The zero-order valence-corrected chi connectivity index (χ0v) is 40.9. The molecule has 0 heterocycles. The van der Waals surface area contributed by atoms with Gasteiger partial charge in [0, 0.05) is 19.3 Å². The molecule has 0 rings (SSSR count). The first kappa shape index (κ1) is 58.4. The fraction of sp³-hybridized carbons (Fsp3) is 0.944. The van der Waals surface area contributed by atoms with Crippen LogP contribution >= 0.6 is 0 Å². The summed E-state index contributed by atoms with van der Waals surface area (Å²) in [5, 5.41) is 0. The van der Waals surface area contributed by atoms with Gasteiger partial charge in [0.15, 0.2) is 6.10 Å². The minimum Gasteiger partial charge on any atom is -0.462 e. The fourth-order valence-corrected chi connectivity index (χ4v) is 8.22. The van der Waals surface area contributed by atoms with Gasteiger partial charge in [-0.3, -0.25) is 14.4 Å². The van der Waals surface area contributed by atoms with E-state index in [1.807, 2.05) is 0 Å². The summed E-state index contributed by atoms with van der Waals surface area (Å²) in [6.45, 7) is 9.03. The van der Waals surface area contributed by atoms with Gasteiger partial charge in [0.05, 0.1) is 0 Å². The summed E-state index contributed by atoms with van der Waals surface area (Å²) in [4.78, 5) is 37.9. The van der Waals surface area contributed by atoms with E-state index >= 15 is 0 Å². The molecule has 0 aromatic rings. The van der Waals surface area contributed by atoms with Crippen molar-refractivity contribution in [3.63, 3.8) is 0 Å². The summed E-state index contributed by atoms with van der Waals surface area (Å²) >= 11 is 0. The van der Waals surface area contributed by atoms with Crippen LogP contribution in [-0.2, 0) is 28.6 Å². The average molecular weight is 849 g/mol. The van der Waals surface area contributed by atoms with Gasteiger partial charge < -0.3 is 14.2 Å². The third-order valence-electron chi connectivity index (χ3n) is 12.3. The van der Waals surface area contributed by atoms with Crippen LogP contribution in [0.25, 0.3) is 0 Å².